The summed E-state index contributed by atoms with van der Waals surface area (Å²) in [7, 11) is 0. The molecule has 0 bridgehead atoms. The van der Waals surface area contributed by atoms with Gasteiger partial charge in [-0.15, -0.1) is 0 Å². The summed E-state index contributed by atoms with van der Waals surface area (Å²) in [5, 5.41) is 54.3. The molecule has 7 N–H and O–H groups in total. The second kappa shape index (κ2) is 11.4. The van der Waals surface area contributed by atoms with Crippen LogP contribution >= 0.6 is 11.6 Å². The summed E-state index contributed by atoms with van der Waals surface area (Å²) in [5.41, 5.74) is 0.673. The van der Waals surface area contributed by atoms with Crippen LogP contribution in [0.2, 0.25) is 5.02 Å². The first-order valence-electron chi connectivity index (χ1n) is 9.46. The molecule has 1 heterocycles. The van der Waals surface area contributed by atoms with Gasteiger partial charge in [0.25, 0.3) is 0 Å². The Kier molecular flexibility index (Phi) is 9.16. The van der Waals surface area contributed by atoms with Crippen LogP contribution in [0.1, 0.15) is 12.0 Å². The molecule has 11 nitrogen and oxygen atoms in total. The Balaban J connectivity index is 2.00. The van der Waals surface area contributed by atoms with E-state index < -0.39 is 67.5 Å². The second-order valence-corrected chi connectivity index (χ2v) is 7.58. The number of aliphatic hydroxyl groups excluding tert-OH is 4. The predicted molar refractivity (Wildman–Crippen MR) is 106 cm³/mol. The first kappa shape index (κ1) is 25.0. The number of hydrogen-bond donors (Lipinski definition) is 7. The van der Waals surface area contributed by atoms with E-state index in [9.17, 15) is 29.7 Å². The molecule has 4 unspecified atom stereocenters. The summed E-state index contributed by atoms with van der Waals surface area (Å²) in [5.74, 6) is -2.73. The highest BCUT2D eigenvalue weighted by Gasteiger charge is 2.46. The maximum atomic E-state index is 12.1. The fourth-order valence-electron chi connectivity index (χ4n) is 3.18. The Hall–Kier alpha value is -2.28. The van der Waals surface area contributed by atoms with Gasteiger partial charge in [0.2, 0.25) is 11.8 Å². The highest BCUT2D eigenvalue weighted by molar-refractivity contribution is 6.30. The molecule has 31 heavy (non-hydrogen) atoms. The third-order valence-electron chi connectivity index (χ3n) is 4.81. The predicted octanol–water partition coefficient (Wildman–Crippen LogP) is -2.20. The van der Waals surface area contributed by atoms with E-state index in [4.69, 9.17) is 26.6 Å². The Morgan fingerprint density at radius 3 is 2.39 bits per heavy atom. The molecule has 0 saturated carbocycles. The molecule has 2 rings (SSSR count). The van der Waals surface area contributed by atoms with Crippen LogP contribution in [0.4, 0.5) is 0 Å². The van der Waals surface area contributed by atoms with Crippen LogP contribution in [-0.4, -0.2) is 93.0 Å². The number of rotatable bonds is 9. The first-order chi connectivity index (χ1) is 14.6. The van der Waals surface area contributed by atoms with E-state index in [1.807, 2.05) is 0 Å². The number of carboxylic acid groups (broad SMARTS) is 1. The molecule has 0 aliphatic carbocycles. The maximum absolute atomic E-state index is 12.1. The quantitative estimate of drug-likeness (QED) is 0.215. The highest BCUT2D eigenvalue weighted by atomic mass is 35.5. The van der Waals surface area contributed by atoms with Gasteiger partial charge in [-0.3, -0.25) is 9.59 Å². The van der Waals surface area contributed by atoms with E-state index >= 15 is 0 Å². The van der Waals surface area contributed by atoms with Crippen molar-refractivity contribution in [2.75, 3.05) is 13.2 Å². The van der Waals surface area contributed by atoms with Gasteiger partial charge in [0, 0.05) is 18.0 Å². The molecule has 1 fully saturated rings. The van der Waals surface area contributed by atoms with E-state index in [-0.39, 0.29) is 12.8 Å². The van der Waals surface area contributed by atoms with Crippen molar-refractivity contribution in [3.8, 4) is 0 Å². The van der Waals surface area contributed by atoms with Gasteiger partial charge in [0.05, 0.1) is 24.7 Å². The molecule has 1 saturated heterocycles. The minimum Gasteiger partial charge on any atom is -0.479 e. The van der Waals surface area contributed by atoms with Crippen molar-refractivity contribution in [2.24, 2.45) is 0 Å². The van der Waals surface area contributed by atoms with Crippen LogP contribution in [0.3, 0.4) is 0 Å². The zero-order valence-corrected chi connectivity index (χ0v) is 17.1. The number of ether oxygens (including phenoxy) is 1. The van der Waals surface area contributed by atoms with Gasteiger partial charge >= 0.3 is 5.97 Å². The van der Waals surface area contributed by atoms with E-state index in [0.29, 0.717) is 10.6 Å². The molecule has 0 aromatic heterocycles. The zero-order chi connectivity index (χ0) is 23.1. The minimum absolute atomic E-state index is 0.00506. The van der Waals surface area contributed by atoms with Gasteiger partial charge < -0.3 is 40.9 Å². The number of amides is 2. The molecule has 1 aromatic rings. The van der Waals surface area contributed by atoms with Crippen LogP contribution in [0.5, 0.6) is 0 Å². The van der Waals surface area contributed by atoms with Gasteiger partial charge in [-0.1, -0.05) is 23.7 Å². The van der Waals surface area contributed by atoms with Crippen molar-refractivity contribution < 1.29 is 44.7 Å². The lowest BCUT2D eigenvalue weighted by molar-refractivity contribution is -0.193. The molecular weight excluding hydrogens is 436 g/mol. The summed E-state index contributed by atoms with van der Waals surface area (Å²) in [4.78, 5) is 34.9. The number of hydrogen-bond acceptors (Lipinski definition) is 8. The van der Waals surface area contributed by atoms with Crippen molar-refractivity contribution in [1.82, 2.24) is 10.6 Å². The van der Waals surface area contributed by atoms with Crippen LogP contribution in [0.25, 0.3) is 0 Å². The van der Waals surface area contributed by atoms with Crippen LogP contribution in [0, 0.1) is 0 Å². The van der Waals surface area contributed by atoms with E-state index in [2.05, 4.69) is 10.6 Å². The summed E-state index contributed by atoms with van der Waals surface area (Å²) in [6.07, 6.45) is -8.16. The highest BCUT2D eigenvalue weighted by Crippen LogP contribution is 2.24. The lowest BCUT2D eigenvalue weighted by Gasteiger charge is -2.41. The minimum atomic E-state index is -1.77. The summed E-state index contributed by atoms with van der Waals surface area (Å²) >= 11 is 5.78. The van der Waals surface area contributed by atoms with E-state index in [1.165, 1.54) is 0 Å². The third-order valence-corrected chi connectivity index (χ3v) is 5.06. The lowest BCUT2D eigenvalue weighted by Crippen LogP contribution is -2.64. The fourth-order valence-corrected chi connectivity index (χ4v) is 3.31. The summed E-state index contributed by atoms with van der Waals surface area (Å²) in [6, 6.07) is 5.27. The van der Waals surface area contributed by atoms with Gasteiger partial charge in [0.15, 0.2) is 6.10 Å². The Morgan fingerprint density at radius 2 is 1.81 bits per heavy atom. The number of benzene rings is 1. The number of halogens is 1. The second-order valence-electron chi connectivity index (χ2n) is 7.15. The molecule has 1 aliphatic heterocycles. The molecule has 2 amide bonds. The van der Waals surface area contributed by atoms with E-state index in [1.54, 1.807) is 24.3 Å². The number of aliphatic hydroxyl groups is 4. The number of carboxylic acids is 1. The fraction of sp³-hybridized carbons (Fsp3) is 0.526. The van der Waals surface area contributed by atoms with Crippen LogP contribution in [0.15, 0.2) is 24.3 Å². The van der Waals surface area contributed by atoms with Crippen molar-refractivity contribution in [3.05, 3.63) is 34.9 Å². The standard InChI is InChI=1S/C19H25ClN2O9/c20-10-3-1-9(2-4-10)5-14(26)21-7-12(25)17(28)18-16(22-15(27)8-23)11(24)6-13(31-18)19(29)30/h1-4,11-13,16-18,23-25,28H,5-8H2,(H,21,26)(H,22,27)(H,29,30)/t11?,12-,13?,16?,17-,18?/m1/s1. The molecule has 1 aliphatic rings. The van der Waals surface area contributed by atoms with Gasteiger partial charge in [-0.05, 0) is 17.7 Å². The maximum Gasteiger partial charge on any atom is 0.332 e. The number of nitrogens with one attached hydrogen (secondary N) is 2. The normalized spacial score (nSPS) is 25.3. The topological polar surface area (TPSA) is 186 Å². The largest absolute Gasteiger partial charge is 0.479 e. The smallest absolute Gasteiger partial charge is 0.332 e. The molecule has 1 aromatic carbocycles. The Labute approximate surface area is 182 Å². The molecule has 0 spiro atoms. The van der Waals surface area contributed by atoms with Crippen molar-refractivity contribution in [1.29, 1.82) is 0 Å². The molecule has 12 heteroatoms. The SMILES string of the molecule is O=C(Cc1ccc(Cl)cc1)NC[C@@H](O)[C@@H](O)C1OC(C(=O)O)CC(O)C1NC(=O)CO. The molecular formula is C19H25ClN2O9. The first-order valence-corrected chi connectivity index (χ1v) is 9.84. The zero-order valence-electron chi connectivity index (χ0n) is 16.3. The van der Waals surface area contributed by atoms with E-state index in [0.717, 1.165) is 0 Å². The third kappa shape index (κ3) is 7.13. The molecule has 0 radical (unpaired) electrons. The van der Waals surface area contributed by atoms with Crippen LogP contribution < -0.4 is 10.6 Å². The number of aliphatic carboxylic acids is 1. The van der Waals surface area contributed by atoms with Gasteiger partial charge in [-0.2, -0.15) is 0 Å². The molecule has 6 atom stereocenters. The van der Waals surface area contributed by atoms with Crippen molar-refractivity contribution >= 4 is 29.4 Å². The Morgan fingerprint density at radius 1 is 1.16 bits per heavy atom. The number of carbonyl (C=O) groups excluding carboxylic acids is 2. The van der Waals surface area contributed by atoms with Crippen molar-refractivity contribution in [2.45, 2.75) is 49.4 Å². The lowest BCUT2D eigenvalue weighted by atomic mass is 9.90. The van der Waals surface area contributed by atoms with Gasteiger partial charge in [-0.25, -0.2) is 4.79 Å². The molecule has 172 valence electrons. The summed E-state index contributed by atoms with van der Waals surface area (Å²) < 4.78 is 5.28. The Bertz CT molecular complexity index is 776. The van der Waals surface area contributed by atoms with Crippen LogP contribution in [-0.2, 0) is 25.5 Å². The average Bonchev–Trinajstić information content (AvgIpc) is 2.74. The van der Waals surface area contributed by atoms with Crippen molar-refractivity contribution in [3.63, 3.8) is 0 Å². The number of carbonyl (C=O) groups is 3. The van der Waals surface area contributed by atoms with Gasteiger partial charge in [0.1, 0.15) is 18.8 Å². The monoisotopic (exact) mass is 460 g/mol. The summed E-state index contributed by atoms with van der Waals surface area (Å²) in [6.45, 7) is -1.31. The average molecular weight is 461 g/mol.